The summed E-state index contributed by atoms with van der Waals surface area (Å²) in [6, 6.07) is 22.6. The Morgan fingerprint density at radius 1 is 0.633 bits per heavy atom. The molecule has 0 heterocycles. The SMILES string of the molecule is CCCCCCCCC1(C)c2cc(Br)ccc2-c2ccc(-c3ccc(Br)cc3)cc21. The Balaban J connectivity index is 1.68. The van der Waals surface area contributed by atoms with E-state index < -0.39 is 0 Å². The monoisotopic (exact) mass is 524 g/mol. The molecule has 0 spiro atoms. The van der Waals surface area contributed by atoms with Crippen LogP contribution in [0.2, 0.25) is 0 Å². The molecule has 1 aliphatic carbocycles. The van der Waals surface area contributed by atoms with Gasteiger partial charge in [-0.15, -0.1) is 0 Å². The maximum absolute atomic E-state index is 3.73. The summed E-state index contributed by atoms with van der Waals surface area (Å²) in [7, 11) is 0. The number of benzene rings is 3. The van der Waals surface area contributed by atoms with Gasteiger partial charge in [0.15, 0.2) is 0 Å². The molecule has 0 nitrogen and oxygen atoms in total. The molecule has 0 aromatic heterocycles. The molecule has 3 aromatic carbocycles. The first-order chi connectivity index (χ1) is 14.5. The third-order valence-electron chi connectivity index (χ3n) is 6.69. The second-order valence-corrected chi connectivity index (χ2v) is 10.6. The van der Waals surface area contributed by atoms with E-state index in [4.69, 9.17) is 0 Å². The normalized spacial score (nSPS) is 17.1. The summed E-state index contributed by atoms with van der Waals surface area (Å²) in [6.45, 7) is 4.75. The van der Waals surface area contributed by atoms with Gasteiger partial charge in [0.2, 0.25) is 0 Å². The van der Waals surface area contributed by atoms with Gasteiger partial charge in [-0.2, -0.15) is 0 Å². The second kappa shape index (κ2) is 9.40. The number of unbranched alkanes of at least 4 members (excludes halogenated alkanes) is 5. The Morgan fingerprint density at radius 2 is 1.20 bits per heavy atom. The van der Waals surface area contributed by atoms with Gasteiger partial charge in [0.05, 0.1) is 0 Å². The molecule has 0 saturated carbocycles. The molecule has 30 heavy (non-hydrogen) atoms. The number of hydrogen-bond acceptors (Lipinski definition) is 0. The molecule has 3 aromatic rings. The molecule has 156 valence electrons. The molecular weight excluding hydrogens is 496 g/mol. The van der Waals surface area contributed by atoms with E-state index in [1.165, 1.54) is 82.8 Å². The van der Waals surface area contributed by atoms with E-state index >= 15 is 0 Å². The Labute approximate surface area is 198 Å². The van der Waals surface area contributed by atoms with Crippen molar-refractivity contribution in [2.75, 3.05) is 0 Å². The summed E-state index contributed by atoms with van der Waals surface area (Å²) in [6.07, 6.45) is 9.24. The van der Waals surface area contributed by atoms with Gasteiger partial charge in [-0.25, -0.2) is 0 Å². The molecular formula is C28H30Br2. The molecule has 0 fully saturated rings. The predicted octanol–water partition coefficient (Wildman–Crippen LogP) is 9.92. The van der Waals surface area contributed by atoms with Crippen molar-refractivity contribution in [2.24, 2.45) is 0 Å². The van der Waals surface area contributed by atoms with Crippen LogP contribution in [0, 0.1) is 0 Å². The van der Waals surface area contributed by atoms with Crippen molar-refractivity contribution in [3.63, 3.8) is 0 Å². The summed E-state index contributed by atoms with van der Waals surface area (Å²) >= 11 is 7.28. The zero-order valence-corrected chi connectivity index (χ0v) is 21.2. The van der Waals surface area contributed by atoms with Crippen LogP contribution in [0.3, 0.4) is 0 Å². The van der Waals surface area contributed by atoms with Crippen LogP contribution in [0.5, 0.6) is 0 Å². The third-order valence-corrected chi connectivity index (χ3v) is 7.71. The minimum Gasteiger partial charge on any atom is -0.0654 e. The van der Waals surface area contributed by atoms with Crippen molar-refractivity contribution in [3.05, 3.63) is 80.7 Å². The first-order valence-electron chi connectivity index (χ1n) is 11.2. The van der Waals surface area contributed by atoms with E-state index in [9.17, 15) is 0 Å². The van der Waals surface area contributed by atoms with E-state index in [1.54, 1.807) is 0 Å². The molecule has 0 amide bonds. The highest BCUT2D eigenvalue weighted by Gasteiger charge is 2.39. The topological polar surface area (TPSA) is 0 Å². The van der Waals surface area contributed by atoms with Gasteiger partial charge >= 0.3 is 0 Å². The van der Waals surface area contributed by atoms with Crippen molar-refractivity contribution in [3.8, 4) is 22.3 Å². The van der Waals surface area contributed by atoms with Crippen molar-refractivity contribution < 1.29 is 0 Å². The highest BCUT2D eigenvalue weighted by Crippen LogP contribution is 2.52. The highest BCUT2D eigenvalue weighted by atomic mass is 79.9. The lowest BCUT2D eigenvalue weighted by Crippen LogP contribution is -2.20. The average molecular weight is 526 g/mol. The van der Waals surface area contributed by atoms with Crippen LogP contribution >= 0.6 is 31.9 Å². The van der Waals surface area contributed by atoms with Crippen molar-refractivity contribution >= 4 is 31.9 Å². The Bertz CT molecular complexity index is 1020. The quantitative estimate of drug-likeness (QED) is 0.256. The second-order valence-electron chi connectivity index (χ2n) is 8.81. The lowest BCUT2D eigenvalue weighted by atomic mass is 9.75. The number of rotatable bonds is 8. The molecule has 0 radical (unpaired) electrons. The number of fused-ring (bicyclic) bond motifs is 3. The average Bonchev–Trinajstić information content (AvgIpc) is 2.99. The first kappa shape index (κ1) is 21.8. The molecule has 4 rings (SSSR count). The summed E-state index contributed by atoms with van der Waals surface area (Å²) in [5.74, 6) is 0. The molecule has 0 bridgehead atoms. The van der Waals surface area contributed by atoms with Gasteiger partial charge in [-0.1, -0.05) is 115 Å². The van der Waals surface area contributed by atoms with Crippen LogP contribution in [-0.2, 0) is 5.41 Å². The summed E-state index contributed by atoms with van der Waals surface area (Å²) in [4.78, 5) is 0. The lowest BCUT2D eigenvalue weighted by molar-refractivity contribution is 0.480. The van der Waals surface area contributed by atoms with E-state index in [-0.39, 0.29) is 5.41 Å². The zero-order valence-electron chi connectivity index (χ0n) is 18.0. The summed E-state index contributed by atoms with van der Waals surface area (Å²) in [5, 5.41) is 0. The van der Waals surface area contributed by atoms with Gasteiger partial charge < -0.3 is 0 Å². The molecule has 0 aliphatic heterocycles. The van der Waals surface area contributed by atoms with Crippen molar-refractivity contribution in [1.82, 2.24) is 0 Å². The van der Waals surface area contributed by atoms with E-state index in [2.05, 4.69) is 106 Å². The maximum Gasteiger partial charge on any atom is 0.0187 e. The van der Waals surface area contributed by atoms with Gasteiger partial charge in [0.25, 0.3) is 0 Å². The molecule has 1 aliphatic rings. The smallest absolute Gasteiger partial charge is 0.0187 e. The minimum atomic E-state index is 0.0740. The highest BCUT2D eigenvalue weighted by molar-refractivity contribution is 9.10. The number of hydrogen-bond donors (Lipinski definition) is 0. The zero-order chi connectivity index (χ0) is 21.1. The Kier molecular flexibility index (Phi) is 6.85. The third kappa shape index (κ3) is 4.32. The molecule has 1 unspecified atom stereocenters. The van der Waals surface area contributed by atoms with E-state index in [0.29, 0.717) is 0 Å². The number of halogens is 2. The maximum atomic E-state index is 3.73. The Hall–Kier alpha value is -1.38. The molecule has 2 heteroatoms. The van der Waals surface area contributed by atoms with Crippen LogP contribution in [0.15, 0.2) is 69.6 Å². The van der Waals surface area contributed by atoms with Crippen LogP contribution in [-0.4, -0.2) is 0 Å². The van der Waals surface area contributed by atoms with Gasteiger partial charge in [0.1, 0.15) is 0 Å². The van der Waals surface area contributed by atoms with E-state index in [1.807, 2.05) is 0 Å². The fourth-order valence-electron chi connectivity index (χ4n) is 4.94. The standard InChI is InChI=1S/C28H30Br2/c1-3-4-5-6-7-8-17-28(2)26-18-21(20-9-12-22(29)13-10-20)11-15-24(26)25-16-14-23(30)19-27(25)28/h9-16,18-19H,3-8,17H2,1-2H3. The largest absolute Gasteiger partial charge is 0.0654 e. The Morgan fingerprint density at radius 3 is 1.93 bits per heavy atom. The fourth-order valence-corrected chi connectivity index (χ4v) is 5.56. The molecule has 0 N–H and O–H groups in total. The van der Waals surface area contributed by atoms with Crippen LogP contribution in [0.4, 0.5) is 0 Å². The van der Waals surface area contributed by atoms with Gasteiger partial charge in [-0.05, 0) is 70.1 Å². The molecule has 0 saturated heterocycles. The van der Waals surface area contributed by atoms with Crippen LogP contribution < -0.4 is 0 Å². The first-order valence-corrected chi connectivity index (χ1v) is 12.8. The summed E-state index contributed by atoms with van der Waals surface area (Å²) < 4.78 is 2.30. The fraction of sp³-hybridized carbons (Fsp3) is 0.357. The minimum absolute atomic E-state index is 0.0740. The van der Waals surface area contributed by atoms with Gasteiger partial charge in [0, 0.05) is 14.4 Å². The summed E-state index contributed by atoms with van der Waals surface area (Å²) in [5.41, 5.74) is 8.45. The van der Waals surface area contributed by atoms with E-state index in [0.717, 1.165) is 4.47 Å². The van der Waals surface area contributed by atoms with Crippen molar-refractivity contribution in [2.45, 2.75) is 64.2 Å². The lowest BCUT2D eigenvalue weighted by Gasteiger charge is -2.28. The van der Waals surface area contributed by atoms with Gasteiger partial charge in [-0.3, -0.25) is 0 Å². The molecule has 1 atom stereocenters. The predicted molar refractivity (Wildman–Crippen MR) is 137 cm³/mol. The van der Waals surface area contributed by atoms with Crippen molar-refractivity contribution in [1.29, 1.82) is 0 Å². The van der Waals surface area contributed by atoms with Crippen LogP contribution in [0.25, 0.3) is 22.3 Å². The van der Waals surface area contributed by atoms with Crippen LogP contribution in [0.1, 0.15) is 69.9 Å².